The number of carbonyl (C=O) groups excluding carboxylic acids is 1. The third kappa shape index (κ3) is 1.50. The first-order chi connectivity index (χ1) is 6.59. The summed E-state index contributed by atoms with van der Waals surface area (Å²) in [7, 11) is 0. The van der Waals surface area contributed by atoms with Gasteiger partial charge in [0.15, 0.2) is 6.29 Å². The third-order valence-electron chi connectivity index (χ3n) is 2.50. The smallest absolute Gasteiger partial charge is 0.217 e. The van der Waals surface area contributed by atoms with Gasteiger partial charge in [-0.15, -0.1) is 0 Å². The number of aliphatic hydroxyl groups excluding tert-OH is 2. The lowest BCUT2D eigenvalue weighted by molar-refractivity contribution is -0.202. The first-order valence-electron chi connectivity index (χ1n) is 4.50. The zero-order valence-electron chi connectivity index (χ0n) is 7.71. The largest absolute Gasteiger partial charge is 0.388 e. The van der Waals surface area contributed by atoms with E-state index in [1.165, 1.54) is 6.92 Å². The second-order valence-corrected chi connectivity index (χ2v) is 3.58. The van der Waals surface area contributed by atoms with Crippen molar-refractivity contribution in [2.75, 3.05) is 6.61 Å². The highest BCUT2D eigenvalue weighted by atomic mass is 16.7. The van der Waals surface area contributed by atoms with Gasteiger partial charge in [-0.05, 0) is 0 Å². The first-order valence-corrected chi connectivity index (χ1v) is 4.50. The van der Waals surface area contributed by atoms with Gasteiger partial charge < -0.3 is 25.0 Å². The molecule has 0 aliphatic carbocycles. The predicted octanol–water partition coefficient (Wildman–Crippen LogP) is -2.03. The van der Waals surface area contributed by atoms with E-state index in [0.717, 1.165) is 0 Å². The lowest BCUT2D eigenvalue weighted by Gasteiger charge is -2.35. The number of carbonyl (C=O) groups is 1. The minimum atomic E-state index is -1.11. The molecule has 0 saturated carbocycles. The molecule has 0 aromatic carbocycles. The molecule has 0 spiro atoms. The molecule has 6 heteroatoms. The third-order valence-corrected chi connectivity index (χ3v) is 2.50. The van der Waals surface area contributed by atoms with Crippen LogP contribution in [0.2, 0.25) is 0 Å². The van der Waals surface area contributed by atoms with Crippen molar-refractivity contribution in [2.45, 2.75) is 37.6 Å². The highest BCUT2D eigenvalue weighted by Gasteiger charge is 2.49. The highest BCUT2D eigenvalue weighted by molar-refractivity contribution is 5.73. The molecule has 2 rings (SSSR count). The van der Waals surface area contributed by atoms with Crippen molar-refractivity contribution < 1.29 is 24.5 Å². The van der Waals surface area contributed by atoms with Crippen LogP contribution in [0, 0.1) is 0 Å². The molecule has 2 saturated heterocycles. The van der Waals surface area contributed by atoms with Crippen LogP contribution < -0.4 is 5.32 Å². The molecule has 6 nitrogen and oxygen atoms in total. The predicted molar refractivity (Wildman–Crippen MR) is 44.2 cm³/mol. The standard InChI is InChI=1S/C8H13NO5/c1-3(10)9-5-4-2-13-8(14-4)7(12)6(5)11/h4-8,11-12H,2H2,1H3,(H,9,10)/t4-,5-,6-,7+,8-/m1/s1. The Morgan fingerprint density at radius 3 is 2.79 bits per heavy atom. The van der Waals surface area contributed by atoms with Crippen molar-refractivity contribution in [1.29, 1.82) is 0 Å². The Kier molecular flexibility index (Phi) is 2.44. The molecule has 14 heavy (non-hydrogen) atoms. The number of aliphatic hydroxyl groups is 2. The number of hydrogen-bond acceptors (Lipinski definition) is 5. The topological polar surface area (TPSA) is 88.0 Å². The Labute approximate surface area is 80.8 Å². The lowest BCUT2D eigenvalue weighted by Crippen LogP contribution is -2.60. The Morgan fingerprint density at radius 1 is 1.43 bits per heavy atom. The second kappa shape index (κ2) is 3.47. The van der Waals surface area contributed by atoms with Crippen LogP contribution in [-0.2, 0) is 14.3 Å². The Morgan fingerprint density at radius 2 is 2.14 bits per heavy atom. The number of fused-ring (bicyclic) bond motifs is 2. The summed E-state index contributed by atoms with van der Waals surface area (Å²) in [5.74, 6) is -0.268. The quantitative estimate of drug-likeness (QED) is 0.457. The Hall–Kier alpha value is -0.690. The van der Waals surface area contributed by atoms with Gasteiger partial charge in [-0.25, -0.2) is 0 Å². The van der Waals surface area contributed by atoms with E-state index in [1.54, 1.807) is 0 Å². The van der Waals surface area contributed by atoms with Gasteiger partial charge in [0.25, 0.3) is 0 Å². The van der Waals surface area contributed by atoms with Crippen molar-refractivity contribution >= 4 is 5.91 Å². The second-order valence-electron chi connectivity index (χ2n) is 3.58. The summed E-state index contributed by atoms with van der Waals surface area (Å²) >= 11 is 0. The Bertz CT molecular complexity index is 246. The molecule has 5 atom stereocenters. The number of hydrogen-bond donors (Lipinski definition) is 3. The summed E-state index contributed by atoms with van der Waals surface area (Å²) in [6.07, 6.45) is -3.28. The van der Waals surface area contributed by atoms with Crippen LogP contribution in [0.5, 0.6) is 0 Å². The van der Waals surface area contributed by atoms with Gasteiger partial charge in [0, 0.05) is 6.92 Å². The number of nitrogens with one attached hydrogen (secondary N) is 1. The highest BCUT2D eigenvalue weighted by Crippen LogP contribution is 2.27. The lowest BCUT2D eigenvalue weighted by atomic mass is 9.98. The van der Waals surface area contributed by atoms with Gasteiger partial charge in [0.2, 0.25) is 5.91 Å². The van der Waals surface area contributed by atoms with E-state index in [4.69, 9.17) is 9.47 Å². The fourth-order valence-electron chi connectivity index (χ4n) is 1.81. The minimum absolute atomic E-state index is 0.268. The molecule has 2 heterocycles. The van der Waals surface area contributed by atoms with E-state index in [9.17, 15) is 15.0 Å². The summed E-state index contributed by atoms with van der Waals surface area (Å²) in [5, 5.41) is 21.7. The van der Waals surface area contributed by atoms with Crippen molar-refractivity contribution in [3.63, 3.8) is 0 Å². The van der Waals surface area contributed by atoms with Gasteiger partial charge in [-0.1, -0.05) is 0 Å². The van der Waals surface area contributed by atoms with Crippen molar-refractivity contribution in [3.8, 4) is 0 Å². The molecule has 0 radical (unpaired) electrons. The van der Waals surface area contributed by atoms with Crippen LogP contribution in [0.25, 0.3) is 0 Å². The maximum absolute atomic E-state index is 10.8. The van der Waals surface area contributed by atoms with Crippen LogP contribution in [-0.4, -0.2) is 53.4 Å². The zero-order valence-corrected chi connectivity index (χ0v) is 7.71. The molecule has 2 aliphatic rings. The Balaban J connectivity index is 2.10. The maximum atomic E-state index is 10.8. The monoisotopic (exact) mass is 203 g/mol. The van der Waals surface area contributed by atoms with Crippen molar-refractivity contribution in [1.82, 2.24) is 5.32 Å². The van der Waals surface area contributed by atoms with Crippen LogP contribution in [0.3, 0.4) is 0 Å². The van der Waals surface area contributed by atoms with Crippen LogP contribution in [0.4, 0.5) is 0 Å². The van der Waals surface area contributed by atoms with E-state index >= 15 is 0 Å². The van der Waals surface area contributed by atoms with E-state index in [2.05, 4.69) is 5.32 Å². The van der Waals surface area contributed by atoms with Gasteiger partial charge in [-0.2, -0.15) is 0 Å². The fraction of sp³-hybridized carbons (Fsp3) is 0.875. The van der Waals surface area contributed by atoms with Crippen molar-refractivity contribution in [3.05, 3.63) is 0 Å². The van der Waals surface area contributed by atoms with Gasteiger partial charge in [0.1, 0.15) is 18.3 Å². The maximum Gasteiger partial charge on any atom is 0.217 e. The molecule has 80 valence electrons. The molecule has 2 bridgehead atoms. The summed E-state index contributed by atoms with van der Waals surface area (Å²) in [4.78, 5) is 10.8. The molecular formula is C8H13NO5. The summed E-state index contributed by atoms with van der Waals surface area (Å²) in [6.45, 7) is 1.63. The molecular weight excluding hydrogens is 190 g/mol. The average Bonchev–Trinajstić information content (AvgIpc) is 2.55. The van der Waals surface area contributed by atoms with Gasteiger partial charge in [-0.3, -0.25) is 4.79 Å². The summed E-state index contributed by atoms with van der Waals surface area (Å²) in [5.41, 5.74) is 0. The van der Waals surface area contributed by atoms with E-state index in [-0.39, 0.29) is 18.6 Å². The number of amides is 1. The molecule has 3 N–H and O–H groups in total. The van der Waals surface area contributed by atoms with Gasteiger partial charge in [0.05, 0.1) is 12.6 Å². The van der Waals surface area contributed by atoms with Gasteiger partial charge >= 0.3 is 0 Å². The molecule has 0 aromatic rings. The first kappa shape index (κ1) is 9.85. The van der Waals surface area contributed by atoms with Crippen LogP contribution in [0.1, 0.15) is 6.92 Å². The minimum Gasteiger partial charge on any atom is -0.388 e. The number of ether oxygens (including phenoxy) is 2. The summed E-state index contributed by atoms with van der Waals surface area (Å²) in [6, 6.07) is -0.596. The molecule has 2 fully saturated rings. The zero-order chi connectivity index (χ0) is 10.3. The van der Waals surface area contributed by atoms with Crippen LogP contribution >= 0.6 is 0 Å². The van der Waals surface area contributed by atoms with E-state index < -0.39 is 24.5 Å². The van der Waals surface area contributed by atoms with Crippen LogP contribution in [0.15, 0.2) is 0 Å². The number of rotatable bonds is 1. The average molecular weight is 203 g/mol. The molecule has 0 aromatic heterocycles. The fourth-order valence-corrected chi connectivity index (χ4v) is 1.81. The summed E-state index contributed by atoms with van der Waals surface area (Å²) < 4.78 is 10.3. The molecule has 0 unspecified atom stereocenters. The van der Waals surface area contributed by atoms with Crippen molar-refractivity contribution in [2.24, 2.45) is 0 Å². The van der Waals surface area contributed by atoms with E-state index in [1.807, 2.05) is 0 Å². The normalized spacial score (nSPS) is 46.4. The molecule has 2 aliphatic heterocycles. The SMILES string of the molecule is CC(=O)N[C@H]1[C@@H](O)[C@H](O)[C@@H]2OC[C@H]1O2. The van der Waals surface area contributed by atoms with E-state index in [0.29, 0.717) is 0 Å². The molecule has 1 amide bonds.